The first-order valence-electron chi connectivity index (χ1n) is 7.76. The third-order valence-corrected chi connectivity index (χ3v) is 4.91. The van der Waals surface area contributed by atoms with E-state index >= 15 is 0 Å². The SMILES string of the molecule is Cc1nsnc1Cn1nnc(C(=O)NCCc2ccccc2Cl)c1C. The molecule has 0 spiro atoms. The average Bonchev–Trinajstić information content (AvgIpc) is 3.16. The van der Waals surface area contributed by atoms with Crippen molar-refractivity contribution in [3.8, 4) is 0 Å². The average molecular weight is 377 g/mol. The third-order valence-electron chi connectivity index (χ3n) is 3.88. The van der Waals surface area contributed by atoms with Crippen LogP contribution >= 0.6 is 23.3 Å². The first kappa shape index (κ1) is 17.5. The zero-order chi connectivity index (χ0) is 17.8. The van der Waals surface area contributed by atoms with Gasteiger partial charge in [-0.3, -0.25) is 4.79 Å². The van der Waals surface area contributed by atoms with Gasteiger partial charge in [0.15, 0.2) is 5.69 Å². The van der Waals surface area contributed by atoms with Crippen LogP contribution < -0.4 is 5.32 Å². The Morgan fingerprint density at radius 2 is 2.08 bits per heavy atom. The van der Waals surface area contributed by atoms with E-state index in [9.17, 15) is 4.79 Å². The molecule has 0 saturated heterocycles. The number of carbonyl (C=O) groups is 1. The van der Waals surface area contributed by atoms with E-state index in [0.29, 0.717) is 35.9 Å². The molecule has 0 bridgehead atoms. The van der Waals surface area contributed by atoms with Crippen LogP contribution in [0.25, 0.3) is 0 Å². The summed E-state index contributed by atoms with van der Waals surface area (Å²) in [6.45, 7) is 4.64. The molecule has 2 aromatic heterocycles. The molecule has 0 unspecified atom stereocenters. The van der Waals surface area contributed by atoms with Crippen LogP contribution in [0.1, 0.15) is 33.1 Å². The van der Waals surface area contributed by atoms with Gasteiger partial charge in [-0.15, -0.1) is 5.10 Å². The van der Waals surface area contributed by atoms with Crippen LogP contribution in [-0.4, -0.2) is 36.2 Å². The number of aryl methyl sites for hydroxylation is 1. The molecule has 130 valence electrons. The van der Waals surface area contributed by atoms with Crippen LogP contribution in [-0.2, 0) is 13.0 Å². The highest BCUT2D eigenvalue weighted by atomic mass is 35.5. The van der Waals surface area contributed by atoms with Crippen molar-refractivity contribution in [2.45, 2.75) is 26.8 Å². The number of nitrogens with one attached hydrogen (secondary N) is 1. The number of halogens is 1. The highest BCUT2D eigenvalue weighted by molar-refractivity contribution is 6.99. The Labute approximate surface area is 154 Å². The van der Waals surface area contributed by atoms with Gasteiger partial charge in [-0.05, 0) is 31.9 Å². The van der Waals surface area contributed by atoms with Crippen LogP contribution in [0.15, 0.2) is 24.3 Å². The molecule has 0 atom stereocenters. The van der Waals surface area contributed by atoms with E-state index < -0.39 is 0 Å². The molecule has 1 aromatic carbocycles. The summed E-state index contributed by atoms with van der Waals surface area (Å²) >= 11 is 7.28. The summed E-state index contributed by atoms with van der Waals surface area (Å²) in [5, 5.41) is 11.6. The lowest BCUT2D eigenvalue weighted by Gasteiger charge is -2.06. The first-order chi connectivity index (χ1) is 12.1. The highest BCUT2D eigenvalue weighted by Crippen LogP contribution is 2.15. The molecule has 1 N–H and O–H groups in total. The zero-order valence-electron chi connectivity index (χ0n) is 13.9. The summed E-state index contributed by atoms with van der Waals surface area (Å²) in [4.78, 5) is 12.3. The number of nitrogens with zero attached hydrogens (tertiary/aromatic N) is 5. The van der Waals surface area contributed by atoms with Gasteiger partial charge in [-0.1, -0.05) is 35.0 Å². The Hall–Kier alpha value is -2.32. The normalized spacial score (nSPS) is 10.8. The van der Waals surface area contributed by atoms with Gasteiger partial charge in [0.25, 0.3) is 5.91 Å². The van der Waals surface area contributed by atoms with Gasteiger partial charge in [0.2, 0.25) is 0 Å². The van der Waals surface area contributed by atoms with Crippen molar-refractivity contribution in [2.75, 3.05) is 6.54 Å². The van der Waals surface area contributed by atoms with Crippen molar-refractivity contribution >= 4 is 29.2 Å². The molecular weight excluding hydrogens is 360 g/mol. The monoisotopic (exact) mass is 376 g/mol. The molecule has 1 amide bonds. The summed E-state index contributed by atoms with van der Waals surface area (Å²) in [5.74, 6) is -0.246. The van der Waals surface area contributed by atoms with Crippen LogP contribution in [0.4, 0.5) is 0 Å². The maximum atomic E-state index is 12.3. The van der Waals surface area contributed by atoms with E-state index in [1.54, 1.807) is 4.68 Å². The van der Waals surface area contributed by atoms with Gasteiger partial charge in [-0.2, -0.15) is 8.75 Å². The topological polar surface area (TPSA) is 85.6 Å². The number of rotatable bonds is 6. The van der Waals surface area contributed by atoms with Gasteiger partial charge in [0.05, 0.1) is 35.4 Å². The van der Waals surface area contributed by atoms with Gasteiger partial charge in [0, 0.05) is 11.6 Å². The first-order valence-corrected chi connectivity index (χ1v) is 8.87. The maximum Gasteiger partial charge on any atom is 0.273 e. The van der Waals surface area contributed by atoms with Crippen molar-refractivity contribution in [2.24, 2.45) is 0 Å². The standard InChI is InChI=1S/C16H17ClN6OS/c1-10-14(21-25-20-10)9-23-11(2)15(19-22-23)16(24)18-8-7-12-5-3-4-6-13(12)17/h3-6H,7-9H2,1-2H3,(H,18,24). The van der Waals surface area contributed by atoms with Crippen LogP contribution in [0.5, 0.6) is 0 Å². The Balaban J connectivity index is 1.61. The van der Waals surface area contributed by atoms with Crippen molar-refractivity contribution in [3.05, 3.63) is 57.6 Å². The van der Waals surface area contributed by atoms with Gasteiger partial charge in [-0.25, -0.2) is 4.68 Å². The molecule has 0 fully saturated rings. The fraction of sp³-hybridized carbons (Fsp3) is 0.312. The Kier molecular flexibility index (Phi) is 5.40. The molecule has 3 rings (SSSR count). The number of carbonyl (C=O) groups excluding carboxylic acids is 1. The van der Waals surface area contributed by atoms with E-state index in [4.69, 9.17) is 11.6 Å². The largest absolute Gasteiger partial charge is 0.350 e. The quantitative estimate of drug-likeness (QED) is 0.714. The van der Waals surface area contributed by atoms with Crippen molar-refractivity contribution in [1.82, 2.24) is 29.1 Å². The highest BCUT2D eigenvalue weighted by Gasteiger charge is 2.17. The zero-order valence-corrected chi connectivity index (χ0v) is 15.4. The molecular formula is C16H17ClN6OS. The second-order valence-electron chi connectivity index (χ2n) is 5.57. The van der Waals surface area contributed by atoms with Crippen LogP contribution in [0.2, 0.25) is 5.02 Å². The Morgan fingerprint density at radius 1 is 1.28 bits per heavy atom. The fourth-order valence-corrected chi connectivity index (χ4v) is 3.14. The predicted molar refractivity (Wildman–Crippen MR) is 96.0 cm³/mol. The van der Waals surface area contributed by atoms with E-state index in [0.717, 1.165) is 28.7 Å². The number of aromatic nitrogens is 5. The molecule has 9 heteroatoms. The minimum absolute atomic E-state index is 0.246. The number of amides is 1. The van der Waals surface area contributed by atoms with Gasteiger partial charge in [0.1, 0.15) is 0 Å². The molecule has 0 saturated carbocycles. The lowest BCUT2D eigenvalue weighted by atomic mass is 10.1. The Bertz CT molecular complexity index is 890. The van der Waals surface area contributed by atoms with E-state index in [-0.39, 0.29) is 5.91 Å². The molecule has 0 radical (unpaired) electrons. The molecule has 3 aromatic rings. The number of benzene rings is 1. The van der Waals surface area contributed by atoms with Gasteiger partial charge < -0.3 is 5.32 Å². The molecule has 25 heavy (non-hydrogen) atoms. The molecule has 0 aliphatic rings. The van der Waals surface area contributed by atoms with E-state index in [1.807, 2.05) is 38.1 Å². The summed E-state index contributed by atoms with van der Waals surface area (Å²) < 4.78 is 10.0. The van der Waals surface area contributed by atoms with Crippen molar-refractivity contribution < 1.29 is 4.79 Å². The summed E-state index contributed by atoms with van der Waals surface area (Å²) in [7, 11) is 0. The third kappa shape index (κ3) is 4.02. The minimum atomic E-state index is -0.246. The summed E-state index contributed by atoms with van der Waals surface area (Å²) in [5.41, 5.74) is 3.72. The molecule has 2 heterocycles. The van der Waals surface area contributed by atoms with Crippen LogP contribution in [0, 0.1) is 13.8 Å². The van der Waals surface area contributed by atoms with E-state index in [1.165, 1.54) is 0 Å². The summed E-state index contributed by atoms with van der Waals surface area (Å²) in [6, 6.07) is 7.59. The molecule has 7 nitrogen and oxygen atoms in total. The van der Waals surface area contributed by atoms with Gasteiger partial charge >= 0.3 is 0 Å². The van der Waals surface area contributed by atoms with Crippen molar-refractivity contribution in [3.63, 3.8) is 0 Å². The predicted octanol–water partition coefficient (Wildman–Crippen LogP) is 2.42. The second-order valence-corrected chi connectivity index (χ2v) is 6.51. The number of hydrogen-bond donors (Lipinski definition) is 1. The number of hydrogen-bond acceptors (Lipinski definition) is 6. The molecule has 0 aliphatic heterocycles. The molecule has 0 aliphatic carbocycles. The Morgan fingerprint density at radius 3 is 2.80 bits per heavy atom. The van der Waals surface area contributed by atoms with Crippen LogP contribution in [0.3, 0.4) is 0 Å². The minimum Gasteiger partial charge on any atom is -0.350 e. The smallest absolute Gasteiger partial charge is 0.273 e. The maximum absolute atomic E-state index is 12.3. The summed E-state index contributed by atoms with van der Waals surface area (Å²) in [6.07, 6.45) is 0.655. The fourth-order valence-electron chi connectivity index (χ4n) is 2.35. The second kappa shape index (κ2) is 7.71. The lowest BCUT2D eigenvalue weighted by molar-refractivity contribution is 0.0948. The van der Waals surface area contributed by atoms with E-state index in [2.05, 4.69) is 24.4 Å². The lowest BCUT2D eigenvalue weighted by Crippen LogP contribution is -2.27. The van der Waals surface area contributed by atoms with Crippen molar-refractivity contribution in [1.29, 1.82) is 0 Å².